The fourth-order valence-corrected chi connectivity index (χ4v) is 2.18. The van der Waals surface area contributed by atoms with Crippen molar-refractivity contribution < 1.29 is 19.5 Å². The smallest absolute Gasteiger partial charge is 0.331 e. The van der Waals surface area contributed by atoms with Crippen LogP contribution in [0.2, 0.25) is 0 Å². The third kappa shape index (κ3) is 3.56. The van der Waals surface area contributed by atoms with Crippen molar-refractivity contribution in [1.29, 1.82) is 0 Å². The first-order valence-corrected chi connectivity index (χ1v) is 6.26. The van der Waals surface area contributed by atoms with Gasteiger partial charge in [0, 0.05) is 23.7 Å². The monoisotopic (exact) mass is 268 g/mol. The molecule has 6 nitrogen and oxygen atoms in total. The molecule has 1 aliphatic rings. The molecule has 1 rings (SSSR count). The molecule has 19 heavy (non-hydrogen) atoms. The van der Waals surface area contributed by atoms with Crippen molar-refractivity contribution in [1.82, 2.24) is 10.2 Å². The number of nitrogens with zero attached hydrogens (tertiary/aromatic N) is 1. The number of carboxylic acids is 1. The topological polar surface area (TPSA) is 86.7 Å². The molecule has 3 amide bonds. The number of aliphatic carboxylic acids is 1. The SMILES string of the molecule is CC(C(=O)O)=C(C)C(=O)NC(=O)N1CC(C)CC1C. The minimum absolute atomic E-state index is 0.0424. The Labute approximate surface area is 112 Å². The largest absolute Gasteiger partial charge is 0.478 e. The number of amides is 3. The number of hydrogen-bond acceptors (Lipinski definition) is 3. The predicted molar refractivity (Wildman–Crippen MR) is 69.5 cm³/mol. The summed E-state index contributed by atoms with van der Waals surface area (Å²) >= 11 is 0. The lowest BCUT2D eigenvalue weighted by atomic mass is 10.1. The summed E-state index contributed by atoms with van der Waals surface area (Å²) in [6, 6.07) is -0.368. The molecule has 2 atom stereocenters. The van der Waals surface area contributed by atoms with Gasteiger partial charge in [0.25, 0.3) is 5.91 Å². The molecule has 0 aliphatic carbocycles. The van der Waals surface area contributed by atoms with Gasteiger partial charge in [-0.25, -0.2) is 9.59 Å². The van der Waals surface area contributed by atoms with E-state index in [1.54, 1.807) is 4.90 Å². The summed E-state index contributed by atoms with van der Waals surface area (Å²) in [7, 11) is 0. The number of hydrogen-bond donors (Lipinski definition) is 2. The highest BCUT2D eigenvalue weighted by Crippen LogP contribution is 2.22. The zero-order chi connectivity index (χ0) is 14.7. The average molecular weight is 268 g/mol. The highest BCUT2D eigenvalue weighted by atomic mass is 16.4. The van der Waals surface area contributed by atoms with Crippen LogP contribution in [0, 0.1) is 5.92 Å². The highest BCUT2D eigenvalue weighted by molar-refractivity contribution is 6.07. The van der Waals surface area contributed by atoms with E-state index in [1.165, 1.54) is 13.8 Å². The van der Waals surface area contributed by atoms with Gasteiger partial charge in [0.05, 0.1) is 0 Å². The van der Waals surface area contributed by atoms with Crippen LogP contribution in [-0.2, 0) is 9.59 Å². The number of nitrogens with one attached hydrogen (secondary N) is 1. The van der Waals surface area contributed by atoms with Crippen LogP contribution in [0.25, 0.3) is 0 Å². The molecule has 0 aromatic rings. The molecule has 0 aromatic carbocycles. The number of carboxylic acid groups (broad SMARTS) is 1. The number of urea groups is 1. The number of likely N-dealkylation sites (tertiary alicyclic amines) is 1. The second-order valence-electron chi connectivity index (χ2n) is 5.16. The van der Waals surface area contributed by atoms with Crippen molar-refractivity contribution in [3.63, 3.8) is 0 Å². The summed E-state index contributed by atoms with van der Waals surface area (Å²) in [5, 5.41) is 11.0. The fraction of sp³-hybridized carbons (Fsp3) is 0.615. The number of carbonyl (C=O) groups is 3. The quantitative estimate of drug-likeness (QED) is 0.741. The van der Waals surface area contributed by atoms with Gasteiger partial charge in [-0.15, -0.1) is 0 Å². The molecule has 0 aromatic heterocycles. The first kappa shape index (κ1) is 15.2. The average Bonchev–Trinajstić information content (AvgIpc) is 2.66. The second kappa shape index (κ2) is 5.86. The summed E-state index contributed by atoms with van der Waals surface area (Å²) in [6.45, 7) is 7.31. The third-order valence-corrected chi connectivity index (χ3v) is 3.49. The Kier molecular flexibility index (Phi) is 4.69. The normalized spacial score (nSPS) is 23.9. The van der Waals surface area contributed by atoms with Crippen LogP contribution in [-0.4, -0.2) is 40.5 Å². The maximum atomic E-state index is 11.9. The van der Waals surface area contributed by atoms with Crippen LogP contribution < -0.4 is 5.32 Å². The van der Waals surface area contributed by atoms with E-state index in [0.717, 1.165) is 6.42 Å². The fourth-order valence-electron chi connectivity index (χ4n) is 2.18. The van der Waals surface area contributed by atoms with Crippen LogP contribution in [0.1, 0.15) is 34.1 Å². The van der Waals surface area contributed by atoms with E-state index >= 15 is 0 Å². The Balaban J connectivity index is 2.70. The Morgan fingerprint density at radius 3 is 2.16 bits per heavy atom. The van der Waals surface area contributed by atoms with Crippen LogP contribution in [0.4, 0.5) is 4.79 Å². The molecule has 0 radical (unpaired) electrons. The Bertz CT molecular complexity index is 442. The molecule has 2 N–H and O–H groups in total. The van der Waals surface area contributed by atoms with E-state index in [4.69, 9.17) is 5.11 Å². The Hall–Kier alpha value is -1.85. The van der Waals surface area contributed by atoms with Gasteiger partial charge in [-0.05, 0) is 33.1 Å². The van der Waals surface area contributed by atoms with Crippen molar-refractivity contribution >= 4 is 17.9 Å². The summed E-state index contributed by atoms with van der Waals surface area (Å²) in [4.78, 5) is 36.0. The van der Waals surface area contributed by atoms with Crippen LogP contribution in [0.5, 0.6) is 0 Å². The van der Waals surface area contributed by atoms with Gasteiger partial charge in [0.1, 0.15) is 0 Å². The van der Waals surface area contributed by atoms with Crippen LogP contribution >= 0.6 is 0 Å². The van der Waals surface area contributed by atoms with Crippen LogP contribution in [0.15, 0.2) is 11.1 Å². The summed E-state index contributed by atoms with van der Waals surface area (Å²) < 4.78 is 0. The molecule has 0 saturated carbocycles. The molecule has 1 heterocycles. The summed E-state index contributed by atoms with van der Waals surface area (Å²) in [6.07, 6.45) is 0.907. The second-order valence-corrected chi connectivity index (χ2v) is 5.16. The number of rotatable bonds is 2. The van der Waals surface area contributed by atoms with Gasteiger partial charge in [0.2, 0.25) is 0 Å². The van der Waals surface area contributed by atoms with Gasteiger partial charge in [-0.2, -0.15) is 0 Å². The van der Waals surface area contributed by atoms with Gasteiger partial charge in [-0.1, -0.05) is 6.92 Å². The maximum absolute atomic E-state index is 11.9. The molecular weight excluding hydrogens is 248 g/mol. The predicted octanol–water partition coefficient (Wildman–Crippen LogP) is 1.37. The molecule has 106 valence electrons. The molecule has 1 fully saturated rings. The molecule has 1 saturated heterocycles. The van der Waals surface area contributed by atoms with Crippen molar-refractivity contribution in [3.8, 4) is 0 Å². The number of imide groups is 1. The summed E-state index contributed by atoms with van der Waals surface area (Å²) in [5.74, 6) is -1.41. The van der Waals surface area contributed by atoms with Crippen molar-refractivity contribution in [2.45, 2.75) is 40.2 Å². The van der Waals surface area contributed by atoms with E-state index in [9.17, 15) is 14.4 Å². The minimum atomic E-state index is -1.16. The van der Waals surface area contributed by atoms with Gasteiger partial charge in [-0.3, -0.25) is 10.1 Å². The zero-order valence-electron chi connectivity index (χ0n) is 11.7. The van der Waals surface area contributed by atoms with E-state index in [1.807, 2.05) is 13.8 Å². The Morgan fingerprint density at radius 2 is 1.74 bits per heavy atom. The lowest BCUT2D eigenvalue weighted by Crippen LogP contribution is -2.45. The van der Waals surface area contributed by atoms with E-state index < -0.39 is 17.9 Å². The molecular formula is C13H20N2O4. The van der Waals surface area contributed by atoms with Crippen LogP contribution in [0.3, 0.4) is 0 Å². The summed E-state index contributed by atoms with van der Waals surface area (Å²) in [5.41, 5.74) is -0.0195. The first-order chi connectivity index (χ1) is 8.73. The molecule has 2 unspecified atom stereocenters. The van der Waals surface area contributed by atoms with Gasteiger partial charge < -0.3 is 10.0 Å². The minimum Gasteiger partial charge on any atom is -0.478 e. The van der Waals surface area contributed by atoms with Crippen molar-refractivity contribution in [3.05, 3.63) is 11.1 Å². The Morgan fingerprint density at radius 1 is 1.16 bits per heavy atom. The lowest BCUT2D eigenvalue weighted by Gasteiger charge is -2.21. The third-order valence-electron chi connectivity index (χ3n) is 3.49. The van der Waals surface area contributed by atoms with Gasteiger partial charge in [0.15, 0.2) is 0 Å². The van der Waals surface area contributed by atoms with E-state index in [2.05, 4.69) is 5.32 Å². The first-order valence-electron chi connectivity index (χ1n) is 6.26. The lowest BCUT2D eigenvalue weighted by molar-refractivity contribution is -0.133. The standard InChI is InChI=1S/C13H20N2O4/c1-7-5-8(2)15(6-7)13(19)14-11(16)9(3)10(4)12(17)18/h7-8H,5-6H2,1-4H3,(H,17,18)(H,14,16,19). The van der Waals surface area contributed by atoms with E-state index in [0.29, 0.717) is 12.5 Å². The zero-order valence-corrected chi connectivity index (χ0v) is 11.7. The van der Waals surface area contributed by atoms with Crippen molar-refractivity contribution in [2.24, 2.45) is 5.92 Å². The van der Waals surface area contributed by atoms with Crippen molar-refractivity contribution in [2.75, 3.05) is 6.54 Å². The molecule has 1 aliphatic heterocycles. The number of carbonyl (C=O) groups excluding carboxylic acids is 2. The molecule has 0 spiro atoms. The van der Waals surface area contributed by atoms with E-state index in [-0.39, 0.29) is 17.2 Å². The molecule has 0 bridgehead atoms. The maximum Gasteiger partial charge on any atom is 0.331 e. The van der Waals surface area contributed by atoms with Gasteiger partial charge >= 0.3 is 12.0 Å². The highest BCUT2D eigenvalue weighted by Gasteiger charge is 2.31. The molecule has 6 heteroatoms.